The maximum absolute atomic E-state index is 2.70. The normalized spacial score (nSPS) is 17.9. The summed E-state index contributed by atoms with van der Waals surface area (Å²) in [5, 5.41) is 4.75. The Morgan fingerprint density at radius 2 is 0.864 bits per heavy atom. The minimum atomic E-state index is -0.222. The van der Waals surface area contributed by atoms with Gasteiger partial charge in [0.05, 0.1) is 11.4 Å². The number of allylic oxidation sites excluding steroid dienone is 7. The standard InChI is InChI=1S/C86H72N2/c1-83(2)76-34-22-18-30-64(76)70-49-57(40-46-77(70)83)87(58-37-43-65-61-27-15-19-31-73(61)84(3,4)78(65)50-58)81-68-41-35-56(54-25-13-10-14-26-54)48-72(68)82(69-42-36-55(47-71(69)81)53-23-11-9-12-24-53)88(59-38-44-66-62-28-16-20-32-74(62)85(5,6)79(66)51-59)60-39-45-67-63-29-17-21-33-75(63)86(7,8)80(67)52-60/h9-20,22-32,34-43,45-52,66H,21,33,44H2,1-8H3. The highest BCUT2D eigenvalue weighted by atomic mass is 15.2. The van der Waals surface area contributed by atoms with Crippen LogP contribution in [-0.4, -0.2) is 0 Å². The lowest BCUT2D eigenvalue weighted by atomic mass is 9.78. The molecule has 0 bridgehead atoms. The molecule has 0 fully saturated rings. The summed E-state index contributed by atoms with van der Waals surface area (Å²) in [6.45, 7) is 19.5. The number of fused-ring (bicyclic) bond motifs is 13. The van der Waals surface area contributed by atoms with Gasteiger partial charge in [-0.1, -0.05) is 261 Å². The van der Waals surface area contributed by atoms with Crippen molar-refractivity contribution < 1.29 is 0 Å². The van der Waals surface area contributed by atoms with Crippen LogP contribution in [0.25, 0.3) is 71.6 Å². The lowest BCUT2D eigenvalue weighted by molar-refractivity contribution is 0.607. The first kappa shape index (κ1) is 52.8. The number of anilines is 5. The third-order valence-corrected chi connectivity index (χ3v) is 21.8. The van der Waals surface area contributed by atoms with E-state index < -0.39 is 0 Å². The van der Waals surface area contributed by atoms with Crippen LogP contribution in [-0.2, 0) is 21.7 Å². The predicted molar refractivity (Wildman–Crippen MR) is 372 cm³/mol. The minimum Gasteiger partial charge on any atom is -0.310 e. The van der Waals surface area contributed by atoms with E-state index in [0.717, 1.165) is 36.3 Å². The largest absolute Gasteiger partial charge is 0.310 e. The zero-order valence-electron chi connectivity index (χ0n) is 51.8. The van der Waals surface area contributed by atoms with Gasteiger partial charge in [0.15, 0.2) is 0 Å². The molecule has 0 aromatic heterocycles. The average molecular weight is 1130 g/mol. The summed E-state index contributed by atoms with van der Waals surface area (Å²) in [6, 6.07) is 86.4. The Morgan fingerprint density at radius 1 is 0.364 bits per heavy atom. The summed E-state index contributed by atoms with van der Waals surface area (Å²) in [4.78, 5) is 5.35. The Hall–Kier alpha value is -9.50. The van der Waals surface area contributed by atoms with E-state index in [2.05, 4.69) is 314 Å². The Bertz CT molecular complexity index is 4940. The van der Waals surface area contributed by atoms with Gasteiger partial charge in [0.1, 0.15) is 0 Å². The van der Waals surface area contributed by atoms with Crippen molar-refractivity contribution in [2.45, 2.75) is 102 Å². The fraction of sp³-hybridized carbons (Fsp3) is 0.186. The molecule has 17 rings (SSSR count). The molecule has 0 aliphatic heterocycles. The van der Waals surface area contributed by atoms with Gasteiger partial charge < -0.3 is 9.80 Å². The molecule has 11 aromatic carbocycles. The van der Waals surface area contributed by atoms with Crippen molar-refractivity contribution in [2.24, 2.45) is 0 Å². The first-order valence-electron chi connectivity index (χ1n) is 32.0. The van der Waals surface area contributed by atoms with Crippen LogP contribution >= 0.6 is 0 Å². The Morgan fingerprint density at radius 3 is 1.52 bits per heavy atom. The van der Waals surface area contributed by atoms with Crippen molar-refractivity contribution >= 4 is 55.6 Å². The smallest absolute Gasteiger partial charge is 0.0620 e. The van der Waals surface area contributed by atoms with Gasteiger partial charge in [0.25, 0.3) is 0 Å². The van der Waals surface area contributed by atoms with Crippen molar-refractivity contribution in [1.29, 1.82) is 0 Å². The third-order valence-electron chi connectivity index (χ3n) is 21.8. The number of nitrogens with zero attached hydrogens (tertiary/aromatic N) is 2. The predicted octanol–water partition coefficient (Wildman–Crippen LogP) is 23.2. The second-order valence-electron chi connectivity index (χ2n) is 27.8. The number of hydrogen-bond acceptors (Lipinski definition) is 2. The first-order chi connectivity index (χ1) is 42.7. The van der Waals surface area contributed by atoms with Crippen LogP contribution in [0.3, 0.4) is 0 Å². The average Bonchev–Trinajstić information content (AvgIpc) is 1.15. The summed E-state index contributed by atoms with van der Waals surface area (Å²) in [5.74, 6) is 0.316. The Labute approximate surface area is 519 Å². The zero-order valence-corrected chi connectivity index (χ0v) is 51.8. The van der Waals surface area contributed by atoms with Gasteiger partial charge in [0.2, 0.25) is 0 Å². The maximum Gasteiger partial charge on any atom is 0.0620 e. The van der Waals surface area contributed by atoms with Crippen LogP contribution in [0.1, 0.15) is 125 Å². The van der Waals surface area contributed by atoms with Gasteiger partial charge >= 0.3 is 0 Å². The van der Waals surface area contributed by atoms with Gasteiger partial charge in [0, 0.05) is 71.9 Å². The van der Waals surface area contributed by atoms with Crippen LogP contribution in [0.2, 0.25) is 0 Å². The maximum atomic E-state index is 2.70. The molecule has 0 saturated carbocycles. The van der Waals surface area contributed by atoms with Crippen molar-refractivity contribution in [3.63, 3.8) is 0 Å². The number of benzene rings is 11. The summed E-state index contributed by atoms with van der Waals surface area (Å²) >= 11 is 0. The fourth-order valence-corrected chi connectivity index (χ4v) is 17.2. The van der Waals surface area contributed by atoms with Crippen molar-refractivity contribution in [3.05, 3.63) is 310 Å². The molecule has 0 saturated heterocycles. The Balaban J connectivity index is 1.01. The second-order valence-corrected chi connectivity index (χ2v) is 27.8. The first-order valence-corrected chi connectivity index (χ1v) is 32.0. The summed E-state index contributed by atoms with van der Waals surface area (Å²) in [6.07, 6.45) is 13.0. The molecule has 2 nitrogen and oxygen atoms in total. The van der Waals surface area contributed by atoms with E-state index in [-0.39, 0.29) is 21.7 Å². The summed E-state index contributed by atoms with van der Waals surface area (Å²) in [5.41, 5.74) is 31.9. The van der Waals surface area contributed by atoms with Gasteiger partial charge in [-0.25, -0.2) is 0 Å². The molecular formula is C86H72N2. The van der Waals surface area contributed by atoms with Gasteiger partial charge in [-0.15, -0.1) is 0 Å². The van der Waals surface area contributed by atoms with Gasteiger partial charge in [-0.3, -0.25) is 0 Å². The van der Waals surface area contributed by atoms with E-state index in [0.29, 0.717) is 5.92 Å². The molecule has 0 heterocycles. The number of rotatable bonds is 8. The quantitative estimate of drug-likeness (QED) is 0.111. The van der Waals surface area contributed by atoms with E-state index in [9.17, 15) is 0 Å². The van der Waals surface area contributed by atoms with Gasteiger partial charge in [-0.2, -0.15) is 0 Å². The van der Waals surface area contributed by atoms with Crippen molar-refractivity contribution in [2.75, 3.05) is 9.80 Å². The molecule has 6 aliphatic rings. The van der Waals surface area contributed by atoms with Crippen LogP contribution in [0.5, 0.6) is 0 Å². The van der Waals surface area contributed by atoms with Crippen molar-refractivity contribution in [1.82, 2.24) is 0 Å². The molecule has 0 N–H and O–H groups in total. The Kier molecular flexibility index (Phi) is 11.4. The molecule has 426 valence electrons. The van der Waals surface area contributed by atoms with Gasteiger partial charge in [-0.05, 0) is 168 Å². The molecule has 1 unspecified atom stereocenters. The minimum absolute atomic E-state index is 0.131. The van der Waals surface area contributed by atoms with Crippen LogP contribution in [0.4, 0.5) is 28.4 Å². The molecule has 0 spiro atoms. The third kappa shape index (κ3) is 7.54. The van der Waals surface area contributed by atoms with E-state index in [1.54, 1.807) is 5.57 Å². The fourth-order valence-electron chi connectivity index (χ4n) is 17.2. The molecule has 0 amide bonds. The monoisotopic (exact) mass is 1130 g/mol. The number of hydrogen-bond donors (Lipinski definition) is 0. The summed E-state index contributed by atoms with van der Waals surface area (Å²) < 4.78 is 0. The lowest BCUT2D eigenvalue weighted by Gasteiger charge is -2.36. The molecule has 88 heavy (non-hydrogen) atoms. The van der Waals surface area contributed by atoms with Crippen LogP contribution in [0, 0.1) is 0 Å². The van der Waals surface area contributed by atoms with E-state index >= 15 is 0 Å². The van der Waals surface area contributed by atoms with E-state index in [1.807, 2.05) is 0 Å². The van der Waals surface area contributed by atoms with E-state index in [4.69, 9.17) is 0 Å². The highest BCUT2D eigenvalue weighted by molar-refractivity contribution is 6.24. The van der Waals surface area contributed by atoms with Crippen LogP contribution in [0.15, 0.2) is 266 Å². The van der Waals surface area contributed by atoms with Crippen LogP contribution < -0.4 is 9.80 Å². The molecular weight excluding hydrogens is 1060 g/mol. The summed E-state index contributed by atoms with van der Waals surface area (Å²) in [7, 11) is 0. The SMILES string of the molecule is CC1(C)C2=C(C=CCC2)c2ccc(N(C3=CCC4C(=C3)C(C)(C)c3ccccc34)c3c4cc(-c5ccccc5)ccc4c(N(c4ccc5c(c4)-c4ccccc4C5(C)C)c4ccc5c(c4)C(C)(C)c4ccccc4-5)c4cc(-c5ccccc5)ccc34)cc21. The molecule has 2 heteroatoms. The highest BCUT2D eigenvalue weighted by Crippen LogP contribution is 2.60. The molecule has 0 radical (unpaired) electrons. The van der Waals surface area contributed by atoms with E-state index in [1.165, 1.54) is 139 Å². The topological polar surface area (TPSA) is 6.48 Å². The molecule has 6 aliphatic carbocycles. The molecule has 11 aromatic rings. The highest BCUT2D eigenvalue weighted by Gasteiger charge is 2.45. The zero-order chi connectivity index (χ0) is 59.6. The molecule has 1 atom stereocenters. The van der Waals surface area contributed by atoms with Crippen molar-refractivity contribution in [3.8, 4) is 44.5 Å². The second kappa shape index (κ2) is 19.0. The lowest BCUT2D eigenvalue weighted by Crippen LogP contribution is -2.24.